The van der Waals surface area contributed by atoms with E-state index in [1.165, 1.54) is 4.90 Å². The first-order valence-corrected chi connectivity index (χ1v) is 12.8. The number of amides is 1. The Balaban J connectivity index is 1.91. The number of ketones is 1. The lowest BCUT2D eigenvalue weighted by Crippen LogP contribution is -2.29. The van der Waals surface area contributed by atoms with Crippen molar-refractivity contribution in [2.45, 2.75) is 46.1 Å². The molecular weight excluding hydrogens is 494 g/mol. The smallest absolute Gasteiger partial charge is 0.338 e. The van der Waals surface area contributed by atoms with Crippen LogP contribution >= 0.6 is 0 Å². The van der Waals surface area contributed by atoms with Crippen LogP contribution in [0.25, 0.3) is 5.76 Å². The molecule has 0 saturated carbocycles. The molecular formula is C32H33NO6. The van der Waals surface area contributed by atoms with Crippen LogP contribution in [0.1, 0.15) is 66.3 Å². The van der Waals surface area contributed by atoms with Gasteiger partial charge in [-0.15, -0.1) is 0 Å². The van der Waals surface area contributed by atoms with Crippen molar-refractivity contribution in [3.63, 3.8) is 0 Å². The Morgan fingerprint density at radius 2 is 1.62 bits per heavy atom. The van der Waals surface area contributed by atoms with E-state index < -0.39 is 23.7 Å². The van der Waals surface area contributed by atoms with E-state index in [1.54, 1.807) is 62.6 Å². The zero-order valence-electron chi connectivity index (χ0n) is 23.1. The van der Waals surface area contributed by atoms with Gasteiger partial charge in [0, 0.05) is 11.3 Å². The molecule has 1 unspecified atom stereocenters. The van der Waals surface area contributed by atoms with E-state index in [-0.39, 0.29) is 23.4 Å². The molecule has 0 bridgehead atoms. The van der Waals surface area contributed by atoms with E-state index >= 15 is 0 Å². The standard InChI is InChI=1S/C32H33NO6/c1-7-39-31(37)21-9-14-23(15-10-21)33-27(20-11-16-24(38-6)17-12-20)26(29(35)30(33)36)28(34)25-18-22(32(3,4)5)13-8-19(25)2/h8-18,27,34H,7H2,1-6H3/b28-26+. The van der Waals surface area contributed by atoms with Gasteiger partial charge in [-0.1, -0.05) is 45.0 Å². The first kappa shape index (κ1) is 27.6. The predicted octanol–water partition coefficient (Wildman–Crippen LogP) is 6.10. The van der Waals surface area contributed by atoms with Crippen LogP contribution in [0.5, 0.6) is 5.75 Å². The zero-order chi connectivity index (χ0) is 28.5. The van der Waals surface area contributed by atoms with Gasteiger partial charge < -0.3 is 14.6 Å². The molecule has 1 N–H and O–H groups in total. The van der Waals surface area contributed by atoms with Crippen molar-refractivity contribution in [1.82, 2.24) is 0 Å². The summed E-state index contributed by atoms with van der Waals surface area (Å²) >= 11 is 0. The molecule has 4 rings (SSSR count). The van der Waals surface area contributed by atoms with Crippen LogP contribution in [0.4, 0.5) is 5.69 Å². The first-order valence-electron chi connectivity index (χ1n) is 12.8. The summed E-state index contributed by atoms with van der Waals surface area (Å²) < 4.78 is 10.4. The van der Waals surface area contributed by atoms with Crippen molar-refractivity contribution in [1.29, 1.82) is 0 Å². The number of aliphatic hydroxyl groups excluding tert-OH is 1. The molecule has 0 radical (unpaired) electrons. The molecule has 1 heterocycles. The minimum Gasteiger partial charge on any atom is -0.507 e. The second kappa shape index (κ2) is 10.8. The number of hydrogen-bond donors (Lipinski definition) is 1. The van der Waals surface area contributed by atoms with Crippen molar-refractivity contribution in [2.75, 3.05) is 18.6 Å². The Morgan fingerprint density at radius 1 is 0.974 bits per heavy atom. The number of esters is 1. The van der Waals surface area contributed by atoms with E-state index in [0.717, 1.165) is 11.1 Å². The Bertz CT molecular complexity index is 1450. The fraction of sp³-hybridized carbons (Fsp3) is 0.281. The third-order valence-corrected chi connectivity index (χ3v) is 6.89. The number of benzene rings is 3. The summed E-state index contributed by atoms with van der Waals surface area (Å²) in [6.45, 7) is 10.0. The summed E-state index contributed by atoms with van der Waals surface area (Å²) in [7, 11) is 1.55. The van der Waals surface area contributed by atoms with Crippen LogP contribution in [0, 0.1) is 6.92 Å². The molecule has 7 nitrogen and oxygen atoms in total. The average Bonchev–Trinajstić information content (AvgIpc) is 3.18. The van der Waals surface area contributed by atoms with E-state index in [9.17, 15) is 19.5 Å². The molecule has 1 amide bonds. The van der Waals surface area contributed by atoms with Gasteiger partial charge in [-0.3, -0.25) is 14.5 Å². The summed E-state index contributed by atoms with van der Waals surface area (Å²) in [6.07, 6.45) is 0. The Morgan fingerprint density at radius 3 is 2.18 bits per heavy atom. The van der Waals surface area contributed by atoms with Crippen LogP contribution in [0.3, 0.4) is 0 Å². The second-order valence-electron chi connectivity index (χ2n) is 10.5. The van der Waals surface area contributed by atoms with Crippen molar-refractivity contribution in [2.24, 2.45) is 0 Å². The first-order chi connectivity index (χ1) is 18.5. The van der Waals surface area contributed by atoms with Crippen molar-refractivity contribution < 1.29 is 29.0 Å². The highest BCUT2D eigenvalue weighted by Crippen LogP contribution is 2.43. The quantitative estimate of drug-likeness (QED) is 0.180. The lowest BCUT2D eigenvalue weighted by Gasteiger charge is -2.26. The molecule has 1 aliphatic heterocycles. The summed E-state index contributed by atoms with van der Waals surface area (Å²) in [5.41, 5.74) is 3.42. The number of ether oxygens (including phenoxy) is 2. The Hall–Kier alpha value is -4.39. The van der Waals surface area contributed by atoms with Crippen LogP contribution in [0.2, 0.25) is 0 Å². The summed E-state index contributed by atoms with van der Waals surface area (Å²) in [5.74, 6) is -1.66. The maximum absolute atomic E-state index is 13.6. The Kier molecular flexibility index (Phi) is 7.63. The van der Waals surface area contributed by atoms with Crippen LogP contribution in [0.15, 0.2) is 72.3 Å². The van der Waals surface area contributed by atoms with Gasteiger partial charge in [0.05, 0.1) is 30.9 Å². The number of aryl methyl sites for hydroxylation is 1. The van der Waals surface area contributed by atoms with Crippen molar-refractivity contribution in [3.8, 4) is 5.75 Å². The van der Waals surface area contributed by atoms with E-state index in [1.807, 2.05) is 25.1 Å². The van der Waals surface area contributed by atoms with Crippen molar-refractivity contribution >= 4 is 29.1 Å². The predicted molar refractivity (Wildman–Crippen MR) is 150 cm³/mol. The van der Waals surface area contributed by atoms with Gasteiger partial charge in [0.1, 0.15) is 11.5 Å². The summed E-state index contributed by atoms with van der Waals surface area (Å²) in [4.78, 5) is 40.6. The molecule has 0 aliphatic carbocycles. The van der Waals surface area contributed by atoms with Gasteiger partial charge in [0.15, 0.2) is 0 Å². The molecule has 3 aromatic rings. The van der Waals surface area contributed by atoms with E-state index in [2.05, 4.69) is 20.8 Å². The van der Waals surface area contributed by atoms with Gasteiger partial charge in [-0.2, -0.15) is 0 Å². The highest BCUT2D eigenvalue weighted by atomic mass is 16.5. The molecule has 1 atom stereocenters. The largest absolute Gasteiger partial charge is 0.507 e. The van der Waals surface area contributed by atoms with Gasteiger partial charge in [-0.25, -0.2) is 4.79 Å². The van der Waals surface area contributed by atoms with Gasteiger partial charge in [-0.05, 0) is 78.4 Å². The molecule has 1 aliphatic rings. The molecule has 0 aromatic heterocycles. The van der Waals surface area contributed by atoms with Crippen molar-refractivity contribution in [3.05, 3.63) is 100 Å². The zero-order valence-corrected chi connectivity index (χ0v) is 23.1. The normalized spacial score (nSPS) is 16.9. The molecule has 3 aromatic carbocycles. The molecule has 202 valence electrons. The third kappa shape index (κ3) is 5.30. The van der Waals surface area contributed by atoms with Gasteiger partial charge in [0.25, 0.3) is 11.7 Å². The topological polar surface area (TPSA) is 93.1 Å². The lowest BCUT2D eigenvalue weighted by molar-refractivity contribution is -0.132. The summed E-state index contributed by atoms with van der Waals surface area (Å²) in [6, 6.07) is 18.2. The third-order valence-electron chi connectivity index (χ3n) is 6.89. The molecule has 1 fully saturated rings. The molecule has 0 spiro atoms. The fourth-order valence-corrected chi connectivity index (χ4v) is 4.66. The maximum Gasteiger partial charge on any atom is 0.338 e. The van der Waals surface area contributed by atoms with E-state index in [4.69, 9.17) is 9.47 Å². The molecule has 1 saturated heterocycles. The SMILES string of the molecule is CCOC(=O)c1ccc(N2C(=O)C(=O)/C(=C(/O)c3cc(C(C)(C)C)ccc3C)C2c2ccc(OC)cc2)cc1. The van der Waals surface area contributed by atoms with Crippen LogP contribution < -0.4 is 9.64 Å². The number of rotatable bonds is 6. The van der Waals surface area contributed by atoms with E-state index in [0.29, 0.717) is 28.1 Å². The number of carbonyl (C=O) groups is 3. The molecule has 7 heteroatoms. The lowest BCUT2D eigenvalue weighted by atomic mass is 9.84. The maximum atomic E-state index is 13.6. The number of hydrogen-bond acceptors (Lipinski definition) is 6. The average molecular weight is 528 g/mol. The minimum atomic E-state index is -0.901. The van der Waals surface area contributed by atoms with Crippen LogP contribution in [-0.2, 0) is 19.7 Å². The Labute approximate surface area is 228 Å². The number of Topliss-reactive ketones (excluding diaryl/α,β-unsaturated/α-hetero) is 1. The number of anilines is 1. The van der Waals surface area contributed by atoms with Gasteiger partial charge >= 0.3 is 5.97 Å². The molecule has 39 heavy (non-hydrogen) atoms. The fourth-order valence-electron chi connectivity index (χ4n) is 4.66. The van der Waals surface area contributed by atoms with Crippen LogP contribution in [-0.4, -0.2) is 36.5 Å². The number of methoxy groups -OCH3 is 1. The number of nitrogens with zero attached hydrogens (tertiary/aromatic N) is 1. The highest BCUT2D eigenvalue weighted by Gasteiger charge is 2.47. The minimum absolute atomic E-state index is 0.00575. The highest BCUT2D eigenvalue weighted by molar-refractivity contribution is 6.51. The number of carbonyl (C=O) groups excluding carboxylic acids is 3. The second-order valence-corrected chi connectivity index (χ2v) is 10.5. The summed E-state index contributed by atoms with van der Waals surface area (Å²) in [5, 5.41) is 11.6. The number of aliphatic hydroxyl groups is 1. The monoisotopic (exact) mass is 527 g/mol. The van der Waals surface area contributed by atoms with Gasteiger partial charge in [0.2, 0.25) is 0 Å².